The first-order chi connectivity index (χ1) is 9.12. The Morgan fingerprint density at radius 2 is 1.89 bits per heavy atom. The molecule has 1 N–H and O–H groups in total. The van der Waals surface area contributed by atoms with E-state index in [0.29, 0.717) is 12.8 Å². The van der Waals surface area contributed by atoms with Crippen molar-refractivity contribution in [1.82, 2.24) is 10.2 Å². The van der Waals surface area contributed by atoms with Crippen molar-refractivity contribution in [3.05, 3.63) is 0 Å². The third kappa shape index (κ3) is 2.93. The Balaban J connectivity index is 2.18. The van der Waals surface area contributed by atoms with Crippen molar-refractivity contribution in [3.8, 4) is 0 Å². The Hall–Kier alpha value is -1.06. The summed E-state index contributed by atoms with van der Waals surface area (Å²) in [5.41, 5.74) is 0. The molecule has 0 aromatic rings. The van der Waals surface area contributed by atoms with Crippen LogP contribution in [0.25, 0.3) is 0 Å². The molecule has 2 rings (SSSR count). The summed E-state index contributed by atoms with van der Waals surface area (Å²) < 4.78 is 0. The maximum atomic E-state index is 12.6. The third-order valence-electron chi connectivity index (χ3n) is 4.47. The lowest BCUT2D eigenvalue weighted by Crippen LogP contribution is -2.65. The van der Waals surface area contributed by atoms with Gasteiger partial charge in [-0.1, -0.05) is 33.6 Å². The molecule has 3 atom stereocenters. The smallest absolute Gasteiger partial charge is 0.246 e. The number of carbonyl (C=O) groups excluding carboxylic acids is 2. The molecule has 2 aliphatic rings. The van der Waals surface area contributed by atoms with Crippen LogP contribution in [0.5, 0.6) is 0 Å². The van der Waals surface area contributed by atoms with Crippen molar-refractivity contribution in [1.29, 1.82) is 0 Å². The Labute approximate surface area is 115 Å². The minimum absolute atomic E-state index is 0.0307. The van der Waals surface area contributed by atoms with Gasteiger partial charge in [0, 0.05) is 6.04 Å². The van der Waals surface area contributed by atoms with Crippen molar-refractivity contribution in [2.24, 2.45) is 5.92 Å². The average molecular weight is 266 g/mol. The summed E-state index contributed by atoms with van der Waals surface area (Å²) in [6.45, 7) is 6.07. The van der Waals surface area contributed by atoms with E-state index in [-0.39, 0.29) is 29.9 Å². The molecule has 0 radical (unpaired) electrons. The van der Waals surface area contributed by atoms with Crippen LogP contribution in [0.4, 0.5) is 0 Å². The van der Waals surface area contributed by atoms with Crippen LogP contribution in [0.3, 0.4) is 0 Å². The number of piperazine rings is 1. The Bertz CT molecular complexity index is 352. The van der Waals surface area contributed by atoms with E-state index in [1.54, 1.807) is 0 Å². The molecule has 2 fully saturated rings. The summed E-state index contributed by atoms with van der Waals surface area (Å²) in [5.74, 6) is 0.935. The summed E-state index contributed by atoms with van der Waals surface area (Å²) >= 11 is 0. The highest BCUT2D eigenvalue weighted by Crippen LogP contribution is 2.36. The number of hydrogen-bond donors (Lipinski definition) is 1. The lowest BCUT2D eigenvalue weighted by Gasteiger charge is -2.43. The van der Waals surface area contributed by atoms with Gasteiger partial charge in [0.1, 0.15) is 12.1 Å². The molecule has 2 amide bonds. The quantitative estimate of drug-likeness (QED) is 0.800. The topological polar surface area (TPSA) is 49.4 Å². The number of nitrogens with one attached hydrogen (secondary N) is 1. The standard InChI is InChI=1S/C15H26N2O2/c1-4-11(9-10-7-8-10)17-13(6-3)14(18)16-12(5-2)15(17)19/h10-13H,4-9H2,1-3H3,(H,16,18). The van der Waals surface area contributed by atoms with E-state index in [2.05, 4.69) is 12.2 Å². The molecule has 4 nitrogen and oxygen atoms in total. The van der Waals surface area contributed by atoms with Crippen molar-refractivity contribution in [2.75, 3.05) is 0 Å². The molecule has 19 heavy (non-hydrogen) atoms. The highest BCUT2D eigenvalue weighted by molar-refractivity contribution is 5.97. The Morgan fingerprint density at radius 3 is 2.37 bits per heavy atom. The molecule has 0 aromatic carbocycles. The molecule has 0 spiro atoms. The van der Waals surface area contributed by atoms with Gasteiger partial charge < -0.3 is 10.2 Å². The second kappa shape index (κ2) is 5.93. The minimum Gasteiger partial charge on any atom is -0.343 e. The molecular formula is C15H26N2O2. The van der Waals surface area contributed by atoms with Crippen molar-refractivity contribution in [2.45, 2.75) is 77.4 Å². The van der Waals surface area contributed by atoms with Gasteiger partial charge in [0.2, 0.25) is 11.8 Å². The van der Waals surface area contributed by atoms with Gasteiger partial charge in [0.25, 0.3) is 0 Å². The molecule has 1 saturated carbocycles. The number of rotatable bonds is 6. The van der Waals surface area contributed by atoms with Crippen LogP contribution < -0.4 is 5.32 Å². The Morgan fingerprint density at radius 1 is 1.21 bits per heavy atom. The lowest BCUT2D eigenvalue weighted by atomic mass is 9.96. The monoisotopic (exact) mass is 266 g/mol. The van der Waals surface area contributed by atoms with Gasteiger partial charge >= 0.3 is 0 Å². The van der Waals surface area contributed by atoms with Crippen LogP contribution in [0.15, 0.2) is 0 Å². The Kier molecular flexibility index (Phi) is 4.48. The zero-order valence-electron chi connectivity index (χ0n) is 12.3. The van der Waals surface area contributed by atoms with E-state index in [1.165, 1.54) is 12.8 Å². The fourth-order valence-electron chi connectivity index (χ4n) is 3.10. The van der Waals surface area contributed by atoms with Crippen molar-refractivity contribution >= 4 is 11.8 Å². The highest BCUT2D eigenvalue weighted by atomic mass is 16.2. The fourth-order valence-corrected chi connectivity index (χ4v) is 3.10. The first-order valence-electron chi connectivity index (χ1n) is 7.74. The zero-order chi connectivity index (χ0) is 14.0. The third-order valence-corrected chi connectivity index (χ3v) is 4.47. The van der Waals surface area contributed by atoms with Gasteiger partial charge in [0.05, 0.1) is 0 Å². The molecule has 108 valence electrons. The van der Waals surface area contributed by atoms with Gasteiger partial charge in [-0.15, -0.1) is 0 Å². The van der Waals surface area contributed by atoms with Crippen LogP contribution >= 0.6 is 0 Å². The normalized spacial score (nSPS) is 29.3. The summed E-state index contributed by atoms with van der Waals surface area (Å²) in [6, 6.07) is -0.340. The van der Waals surface area contributed by atoms with Crippen LogP contribution in [-0.2, 0) is 9.59 Å². The molecule has 0 aromatic heterocycles. The average Bonchev–Trinajstić information content (AvgIpc) is 3.22. The zero-order valence-corrected chi connectivity index (χ0v) is 12.3. The van der Waals surface area contributed by atoms with E-state index in [9.17, 15) is 9.59 Å². The molecule has 3 unspecified atom stereocenters. The summed E-state index contributed by atoms with van der Waals surface area (Å²) in [7, 11) is 0. The van der Waals surface area contributed by atoms with Gasteiger partial charge in [0.15, 0.2) is 0 Å². The molecule has 0 bridgehead atoms. The second-order valence-electron chi connectivity index (χ2n) is 5.88. The molecular weight excluding hydrogens is 240 g/mol. The SMILES string of the molecule is CCC1NC(=O)C(CC)N(C(CC)CC2CC2)C1=O. The van der Waals surface area contributed by atoms with Gasteiger partial charge in [-0.05, 0) is 31.6 Å². The molecule has 1 aliphatic heterocycles. The van der Waals surface area contributed by atoms with E-state index >= 15 is 0 Å². The fraction of sp³-hybridized carbons (Fsp3) is 0.867. The van der Waals surface area contributed by atoms with Crippen molar-refractivity contribution < 1.29 is 9.59 Å². The van der Waals surface area contributed by atoms with E-state index in [4.69, 9.17) is 0 Å². The summed E-state index contributed by atoms with van der Waals surface area (Å²) in [5, 5.41) is 2.86. The number of amides is 2. The largest absolute Gasteiger partial charge is 0.343 e. The number of hydrogen-bond acceptors (Lipinski definition) is 2. The van der Waals surface area contributed by atoms with Crippen LogP contribution in [0, 0.1) is 5.92 Å². The summed E-state index contributed by atoms with van der Waals surface area (Å²) in [4.78, 5) is 26.7. The second-order valence-corrected chi connectivity index (χ2v) is 5.88. The predicted octanol–water partition coefficient (Wildman–Crippen LogP) is 2.08. The lowest BCUT2D eigenvalue weighted by molar-refractivity contribution is -0.152. The van der Waals surface area contributed by atoms with Crippen molar-refractivity contribution in [3.63, 3.8) is 0 Å². The maximum absolute atomic E-state index is 12.6. The van der Waals surface area contributed by atoms with E-state index < -0.39 is 0 Å². The van der Waals surface area contributed by atoms with E-state index in [0.717, 1.165) is 18.8 Å². The molecule has 1 heterocycles. The number of carbonyl (C=O) groups is 2. The molecule has 4 heteroatoms. The van der Waals surface area contributed by atoms with E-state index in [1.807, 2.05) is 18.7 Å². The van der Waals surface area contributed by atoms with Gasteiger partial charge in [-0.3, -0.25) is 9.59 Å². The molecule has 1 saturated heterocycles. The highest BCUT2D eigenvalue weighted by Gasteiger charge is 2.42. The van der Waals surface area contributed by atoms with Gasteiger partial charge in [-0.2, -0.15) is 0 Å². The number of nitrogens with zero attached hydrogens (tertiary/aromatic N) is 1. The van der Waals surface area contributed by atoms with Crippen LogP contribution in [-0.4, -0.2) is 34.8 Å². The first-order valence-corrected chi connectivity index (χ1v) is 7.74. The molecule has 1 aliphatic carbocycles. The summed E-state index contributed by atoms with van der Waals surface area (Å²) in [6.07, 6.45) is 5.98. The first kappa shape index (κ1) is 14.4. The van der Waals surface area contributed by atoms with Crippen LogP contribution in [0.1, 0.15) is 59.3 Å². The maximum Gasteiger partial charge on any atom is 0.246 e. The minimum atomic E-state index is -0.316. The van der Waals surface area contributed by atoms with Gasteiger partial charge in [-0.25, -0.2) is 0 Å². The van der Waals surface area contributed by atoms with Crippen LogP contribution in [0.2, 0.25) is 0 Å². The predicted molar refractivity (Wildman–Crippen MR) is 74.6 cm³/mol.